The number of nitrogens with one attached hydrogen (secondary N) is 1. The van der Waals surface area contributed by atoms with Crippen LogP contribution < -0.4 is 10.2 Å². The molecule has 5 heteroatoms. The van der Waals surface area contributed by atoms with Gasteiger partial charge in [-0.2, -0.15) is 0 Å². The Morgan fingerprint density at radius 1 is 1.33 bits per heavy atom. The van der Waals surface area contributed by atoms with Gasteiger partial charge in [0.15, 0.2) is 0 Å². The first-order chi connectivity index (χ1) is 8.68. The maximum absolute atomic E-state index is 4.41. The van der Waals surface area contributed by atoms with Gasteiger partial charge in [-0.1, -0.05) is 0 Å². The minimum atomic E-state index is 0.894. The fourth-order valence-electron chi connectivity index (χ4n) is 2.47. The van der Waals surface area contributed by atoms with Crippen LogP contribution in [0.1, 0.15) is 18.5 Å². The molecular formula is C13H25N5. The van der Waals surface area contributed by atoms with Gasteiger partial charge in [0, 0.05) is 40.8 Å². The van der Waals surface area contributed by atoms with Crippen molar-refractivity contribution in [2.45, 2.75) is 19.4 Å². The van der Waals surface area contributed by atoms with Crippen LogP contribution in [-0.4, -0.2) is 54.7 Å². The van der Waals surface area contributed by atoms with E-state index >= 15 is 0 Å². The monoisotopic (exact) mass is 251 g/mol. The van der Waals surface area contributed by atoms with E-state index in [1.165, 1.54) is 38.2 Å². The third kappa shape index (κ3) is 3.23. The molecule has 0 aromatic carbocycles. The molecule has 1 N–H and O–H groups in total. The lowest BCUT2D eigenvalue weighted by Crippen LogP contribution is -2.30. The number of anilines is 1. The Kier molecular flexibility index (Phi) is 4.60. The van der Waals surface area contributed by atoms with Crippen LogP contribution >= 0.6 is 0 Å². The summed E-state index contributed by atoms with van der Waals surface area (Å²) in [4.78, 5) is 8.97. The summed E-state index contributed by atoms with van der Waals surface area (Å²) in [7, 11) is 6.11. The zero-order valence-electron chi connectivity index (χ0n) is 11.8. The Labute approximate surface area is 110 Å². The smallest absolute Gasteiger partial charge is 0.204 e. The van der Waals surface area contributed by atoms with Gasteiger partial charge in [0.1, 0.15) is 0 Å². The van der Waals surface area contributed by atoms with E-state index < -0.39 is 0 Å². The lowest BCUT2D eigenvalue weighted by Gasteiger charge is -2.15. The first kappa shape index (κ1) is 13.4. The van der Waals surface area contributed by atoms with E-state index in [2.05, 4.69) is 26.8 Å². The molecule has 0 spiro atoms. The molecule has 1 aromatic rings. The lowest BCUT2D eigenvalue weighted by molar-refractivity contribution is 0.335. The highest BCUT2D eigenvalue weighted by atomic mass is 15.3. The number of aromatic nitrogens is 2. The Morgan fingerprint density at radius 2 is 2.06 bits per heavy atom. The largest absolute Gasteiger partial charge is 0.348 e. The molecule has 0 atom stereocenters. The molecule has 1 aromatic heterocycles. The molecule has 102 valence electrons. The summed E-state index contributed by atoms with van der Waals surface area (Å²) >= 11 is 0. The van der Waals surface area contributed by atoms with Gasteiger partial charge < -0.3 is 19.7 Å². The van der Waals surface area contributed by atoms with Gasteiger partial charge >= 0.3 is 0 Å². The van der Waals surface area contributed by atoms with Crippen LogP contribution in [0.5, 0.6) is 0 Å². The molecule has 2 heterocycles. The zero-order valence-corrected chi connectivity index (χ0v) is 11.8. The minimum Gasteiger partial charge on any atom is -0.348 e. The highest BCUT2D eigenvalue weighted by Crippen LogP contribution is 2.10. The van der Waals surface area contributed by atoms with E-state index in [1.807, 2.05) is 25.2 Å². The normalized spacial score (nSPS) is 16.4. The van der Waals surface area contributed by atoms with Gasteiger partial charge in [0.05, 0.1) is 11.9 Å². The quantitative estimate of drug-likeness (QED) is 0.754. The molecule has 0 amide bonds. The third-order valence-electron chi connectivity index (χ3n) is 3.57. The molecular weight excluding hydrogens is 226 g/mol. The van der Waals surface area contributed by atoms with E-state index in [9.17, 15) is 0 Å². The molecule has 0 unspecified atom stereocenters. The molecule has 0 bridgehead atoms. The maximum atomic E-state index is 4.41. The summed E-state index contributed by atoms with van der Waals surface area (Å²) in [6, 6.07) is 0. The molecule has 1 aliphatic heterocycles. The first-order valence-electron chi connectivity index (χ1n) is 6.79. The van der Waals surface area contributed by atoms with Crippen molar-refractivity contribution in [2.75, 3.05) is 45.2 Å². The lowest BCUT2D eigenvalue weighted by atomic mass is 10.4. The Morgan fingerprint density at radius 3 is 2.67 bits per heavy atom. The second kappa shape index (κ2) is 6.20. The average Bonchev–Trinajstić information content (AvgIpc) is 2.95. The summed E-state index contributed by atoms with van der Waals surface area (Å²) in [6.45, 7) is 5.67. The van der Waals surface area contributed by atoms with Gasteiger partial charge in [0.25, 0.3) is 0 Å². The number of hydrogen-bond acceptors (Lipinski definition) is 4. The average molecular weight is 251 g/mol. The molecule has 5 nitrogen and oxygen atoms in total. The van der Waals surface area contributed by atoms with Gasteiger partial charge in [-0.25, -0.2) is 4.98 Å². The van der Waals surface area contributed by atoms with E-state index in [1.54, 1.807) is 0 Å². The molecule has 0 aliphatic carbocycles. The summed E-state index contributed by atoms with van der Waals surface area (Å²) in [6.07, 6.45) is 4.69. The van der Waals surface area contributed by atoms with Crippen LogP contribution in [0.3, 0.4) is 0 Å². The van der Waals surface area contributed by atoms with Gasteiger partial charge in [-0.3, -0.25) is 0 Å². The fraction of sp³-hybridized carbons (Fsp3) is 0.769. The van der Waals surface area contributed by atoms with Gasteiger partial charge in [-0.15, -0.1) is 0 Å². The van der Waals surface area contributed by atoms with Crippen molar-refractivity contribution in [3.8, 4) is 0 Å². The summed E-state index contributed by atoms with van der Waals surface area (Å²) in [5, 5.41) is 3.50. The SMILES string of the molecule is CN(C)c1ncc(CNCCN2CCCC2)n1C. The fourth-order valence-corrected chi connectivity index (χ4v) is 2.47. The highest BCUT2D eigenvalue weighted by molar-refractivity contribution is 5.30. The topological polar surface area (TPSA) is 36.3 Å². The molecule has 18 heavy (non-hydrogen) atoms. The second-order valence-corrected chi connectivity index (χ2v) is 5.23. The van der Waals surface area contributed by atoms with Crippen LogP contribution in [0.15, 0.2) is 6.20 Å². The zero-order chi connectivity index (χ0) is 13.0. The van der Waals surface area contributed by atoms with Crippen LogP contribution in [0, 0.1) is 0 Å². The van der Waals surface area contributed by atoms with Crippen molar-refractivity contribution in [3.63, 3.8) is 0 Å². The standard InChI is InChI=1S/C13H25N5/c1-16(2)13-15-11-12(17(13)3)10-14-6-9-18-7-4-5-8-18/h11,14H,4-10H2,1-3H3. The molecule has 1 fully saturated rings. The highest BCUT2D eigenvalue weighted by Gasteiger charge is 2.11. The number of hydrogen-bond donors (Lipinski definition) is 1. The number of likely N-dealkylation sites (tertiary alicyclic amines) is 1. The number of imidazole rings is 1. The molecule has 1 aliphatic rings. The number of nitrogens with zero attached hydrogens (tertiary/aromatic N) is 4. The Balaban J connectivity index is 1.72. The van der Waals surface area contributed by atoms with Crippen LogP contribution in [-0.2, 0) is 13.6 Å². The van der Waals surface area contributed by atoms with Crippen molar-refractivity contribution < 1.29 is 0 Å². The van der Waals surface area contributed by atoms with Crippen LogP contribution in [0.25, 0.3) is 0 Å². The first-order valence-corrected chi connectivity index (χ1v) is 6.79. The third-order valence-corrected chi connectivity index (χ3v) is 3.57. The van der Waals surface area contributed by atoms with E-state index in [0.717, 1.165) is 19.0 Å². The predicted octanol–water partition coefficient (Wildman–Crippen LogP) is 0.671. The molecule has 1 saturated heterocycles. The Bertz CT molecular complexity index is 365. The van der Waals surface area contributed by atoms with Crippen molar-refractivity contribution in [3.05, 3.63) is 11.9 Å². The van der Waals surface area contributed by atoms with Gasteiger partial charge in [0.2, 0.25) is 5.95 Å². The maximum Gasteiger partial charge on any atom is 0.204 e. The molecule has 2 rings (SSSR count). The van der Waals surface area contributed by atoms with Gasteiger partial charge in [-0.05, 0) is 25.9 Å². The minimum absolute atomic E-state index is 0.894. The summed E-state index contributed by atoms with van der Waals surface area (Å²) in [5.41, 5.74) is 1.24. The summed E-state index contributed by atoms with van der Waals surface area (Å²) in [5.74, 6) is 1.01. The Hall–Kier alpha value is -1.07. The van der Waals surface area contributed by atoms with E-state index in [-0.39, 0.29) is 0 Å². The van der Waals surface area contributed by atoms with Crippen molar-refractivity contribution in [1.29, 1.82) is 0 Å². The van der Waals surface area contributed by atoms with E-state index in [0.29, 0.717) is 0 Å². The van der Waals surface area contributed by atoms with Crippen molar-refractivity contribution in [2.24, 2.45) is 7.05 Å². The molecule has 0 saturated carbocycles. The van der Waals surface area contributed by atoms with Crippen molar-refractivity contribution >= 4 is 5.95 Å². The number of rotatable bonds is 6. The van der Waals surface area contributed by atoms with Crippen molar-refractivity contribution in [1.82, 2.24) is 19.8 Å². The second-order valence-electron chi connectivity index (χ2n) is 5.23. The van der Waals surface area contributed by atoms with E-state index in [4.69, 9.17) is 0 Å². The molecule has 0 radical (unpaired) electrons. The predicted molar refractivity (Wildman–Crippen MR) is 74.9 cm³/mol. The van der Waals surface area contributed by atoms with Crippen LogP contribution in [0.2, 0.25) is 0 Å². The van der Waals surface area contributed by atoms with Crippen LogP contribution in [0.4, 0.5) is 5.95 Å². The summed E-state index contributed by atoms with van der Waals surface area (Å²) < 4.78 is 2.14.